The van der Waals surface area contributed by atoms with Crippen LogP contribution in [0.25, 0.3) is 0 Å². The van der Waals surface area contributed by atoms with E-state index in [2.05, 4.69) is 10.6 Å². The first-order chi connectivity index (χ1) is 10.9. The summed E-state index contributed by atoms with van der Waals surface area (Å²) in [7, 11) is -1.97. The van der Waals surface area contributed by atoms with Crippen LogP contribution in [0.3, 0.4) is 0 Å². The molecule has 1 saturated heterocycles. The highest BCUT2D eigenvalue weighted by molar-refractivity contribution is 7.91. The van der Waals surface area contributed by atoms with Gasteiger partial charge in [0.15, 0.2) is 9.84 Å². The summed E-state index contributed by atoms with van der Waals surface area (Å²) in [6.07, 6.45) is 1.76. The van der Waals surface area contributed by atoms with Crippen LogP contribution in [0.2, 0.25) is 0 Å². The molecule has 0 radical (unpaired) electrons. The molecule has 1 amide bonds. The minimum absolute atomic E-state index is 0.134. The third-order valence-electron chi connectivity index (χ3n) is 4.02. The van der Waals surface area contributed by atoms with Gasteiger partial charge < -0.3 is 15.4 Å². The Hall–Kier alpha value is -1.60. The molecule has 6 nitrogen and oxygen atoms in total. The fourth-order valence-electron chi connectivity index (χ4n) is 2.59. The van der Waals surface area contributed by atoms with Crippen molar-refractivity contribution >= 4 is 15.7 Å². The number of sulfone groups is 1. The van der Waals surface area contributed by atoms with Gasteiger partial charge in [0.25, 0.3) is 0 Å². The minimum Gasteiger partial charge on any atom is -0.497 e. The molecule has 7 heteroatoms. The van der Waals surface area contributed by atoms with Gasteiger partial charge in [0.1, 0.15) is 5.75 Å². The molecule has 0 aromatic heterocycles. The summed E-state index contributed by atoms with van der Waals surface area (Å²) in [5.41, 5.74) is 0. The van der Waals surface area contributed by atoms with Crippen molar-refractivity contribution in [3.05, 3.63) is 24.3 Å². The molecular weight excluding hydrogens is 316 g/mol. The number of carbonyl (C=O) groups excluding carboxylic acids is 1. The number of ether oxygens (including phenoxy) is 1. The van der Waals surface area contributed by atoms with Crippen LogP contribution in [-0.2, 0) is 14.6 Å². The second kappa shape index (κ2) is 7.79. The molecule has 0 bridgehead atoms. The zero-order valence-electron chi connectivity index (χ0n) is 13.5. The first-order valence-corrected chi connectivity index (χ1v) is 9.45. The molecule has 0 spiro atoms. The first kappa shape index (κ1) is 17.7. The zero-order chi connectivity index (χ0) is 16.9. The van der Waals surface area contributed by atoms with Crippen LogP contribution in [0.1, 0.15) is 19.8 Å². The molecule has 0 aliphatic carbocycles. The van der Waals surface area contributed by atoms with Gasteiger partial charge in [-0.15, -0.1) is 0 Å². The molecule has 1 unspecified atom stereocenters. The number of carbonyl (C=O) groups is 1. The molecule has 2 rings (SSSR count). The predicted molar refractivity (Wildman–Crippen MR) is 88.2 cm³/mol. The largest absolute Gasteiger partial charge is 0.497 e. The van der Waals surface area contributed by atoms with E-state index in [1.807, 2.05) is 0 Å². The Morgan fingerprint density at radius 3 is 2.48 bits per heavy atom. The van der Waals surface area contributed by atoms with E-state index < -0.39 is 15.8 Å². The van der Waals surface area contributed by atoms with Gasteiger partial charge in [0.05, 0.1) is 17.8 Å². The Kier molecular flexibility index (Phi) is 6.01. The van der Waals surface area contributed by atoms with Crippen molar-refractivity contribution in [2.24, 2.45) is 5.92 Å². The first-order valence-electron chi connectivity index (χ1n) is 7.80. The van der Waals surface area contributed by atoms with E-state index in [1.165, 1.54) is 19.2 Å². The highest BCUT2D eigenvalue weighted by Gasteiger charge is 2.25. The monoisotopic (exact) mass is 340 g/mol. The Morgan fingerprint density at radius 1 is 1.30 bits per heavy atom. The number of hydrogen-bond donors (Lipinski definition) is 2. The van der Waals surface area contributed by atoms with Crippen LogP contribution < -0.4 is 15.4 Å². The predicted octanol–water partition coefficient (Wildman–Crippen LogP) is 0.973. The van der Waals surface area contributed by atoms with Crippen molar-refractivity contribution < 1.29 is 17.9 Å². The lowest BCUT2D eigenvalue weighted by Gasteiger charge is -2.25. The quantitative estimate of drug-likeness (QED) is 0.806. The second-order valence-electron chi connectivity index (χ2n) is 5.89. The average Bonchev–Trinajstić information content (AvgIpc) is 2.55. The van der Waals surface area contributed by atoms with E-state index in [1.54, 1.807) is 19.1 Å². The van der Waals surface area contributed by atoms with Crippen LogP contribution in [0.15, 0.2) is 29.2 Å². The molecule has 128 valence electrons. The summed E-state index contributed by atoms with van der Waals surface area (Å²) in [5, 5.41) is 6.18. The molecule has 1 aliphatic heterocycles. The summed E-state index contributed by atoms with van der Waals surface area (Å²) in [6.45, 7) is 3.41. The van der Waals surface area contributed by atoms with Crippen molar-refractivity contribution in [2.45, 2.75) is 30.7 Å². The summed E-state index contributed by atoms with van der Waals surface area (Å²) in [4.78, 5) is 12.4. The van der Waals surface area contributed by atoms with Gasteiger partial charge in [-0.3, -0.25) is 4.79 Å². The van der Waals surface area contributed by atoms with Gasteiger partial charge in [-0.05, 0) is 50.2 Å². The highest BCUT2D eigenvalue weighted by atomic mass is 32.2. The van der Waals surface area contributed by atoms with Crippen LogP contribution in [0.5, 0.6) is 5.75 Å². The van der Waals surface area contributed by atoms with Gasteiger partial charge in [0, 0.05) is 12.0 Å². The summed E-state index contributed by atoms with van der Waals surface area (Å²) >= 11 is 0. The van der Waals surface area contributed by atoms with E-state index in [0.717, 1.165) is 25.9 Å². The number of methoxy groups -OCH3 is 1. The van der Waals surface area contributed by atoms with Gasteiger partial charge in [-0.25, -0.2) is 8.42 Å². The SMILES string of the molecule is COc1ccc(S(=O)(=O)CC(C)C(=O)NC2CCNCC2)cc1. The Bertz CT molecular complexity index is 622. The molecule has 1 aromatic rings. The number of piperidine rings is 1. The third kappa shape index (κ3) is 4.94. The van der Waals surface area contributed by atoms with Crippen LogP contribution in [0, 0.1) is 5.92 Å². The Balaban J connectivity index is 1.96. The van der Waals surface area contributed by atoms with Crippen molar-refractivity contribution in [1.29, 1.82) is 0 Å². The maximum absolute atomic E-state index is 12.4. The summed E-state index contributed by atoms with van der Waals surface area (Å²) in [6, 6.07) is 6.35. The van der Waals surface area contributed by atoms with Crippen LogP contribution >= 0.6 is 0 Å². The van der Waals surface area contributed by atoms with E-state index >= 15 is 0 Å². The van der Waals surface area contributed by atoms with Crippen molar-refractivity contribution in [3.8, 4) is 5.75 Å². The molecule has 0 saturated carbocycles. The summed E-state index contributed by atoms with van der Waals surface area (Å²) in [5.74, 6) is -0.387. The molecule has 1 aliphatic rings. The maximum Gasteiger partial charge on any atom is 0.224 e. The van der Waals surface area contributed by atoms with E-state index in [-0.39, 0.29) is 22.6 Å². The number of rotatable bonds is 6. The molecule has 1 aromatic carbocycles. The van der Waals surface area contributed by atoms with Crippen molar-refractivity contribution in [1.82, 2.24) is 10.6 Å². The van der Waals surface area contributed by atoms with Gasteiger partial charge >= 0.3 is 0 Å². The molecule has 1 fully saturated rings. The molecule has 2 N–H and O–H groups in total. The van der Waals surface area contributed by atoms with Gasteiger partial charge in [-0.1, -0.05) is 6.92 Å². The fraction of sp³-hybridized carbons (Fsp3) is 0.562. The molecular formula is C16H24N2O4S. The average molecular weight is 340 g/mol. The summed E-state index contributed by atoms with van der Waals surface area (Å²) < 4.78 is 29.8. The number of nitrogens with one attached hydrogen (secondary N) is 2. The van der Waals surface area contributed by atoms with Crippen molar-refractivity contribution in [2.75, 3.05) is 26.0 Å². The van der Waals surface area contributed by atoms with Crippen LogP contribution in [0.4, 0.5) is 0 Å². The van der Waals surface area contributed by atoms with E-state index in [0.29, 0.717) is 5.75 Å². The highest BCUT2D eigenvalue weighted by Crippen LogP contribution is 2.18. The van der Waals surface area contributed by atoms with E-state index in [4.69, 9.17) is 4.74 Å². The Morgan fingerprint density at radius 2 is 1.91 bits per heavy atom. The lowest BCUT2D eigenvalue weighted by molar-refractivity contribution is -0.124. The topological polar surface area (TPSA) is 84.5 Å². The fourth-order valence-corrected chi connectivity index (χ4v) is 4.15. The van der Waals surface area contributed by atoms with Crippen molar-refractivity contribution in [3.63, 3.8) is 0 Å². The molecule has 1 heterocycles. The minimum atomic E-state index is -3.50. The Labute approximate surface area is 137 Å². The van der Waals surface area contributed by atoms with Gasteiger partial charge in [0.2, 0.25) is 5.91 Å². The molecule has 1 atom stereocenters. The van der Waals surface area contributed by atoms with Gasteiger partial charge in [-0.2, -0.15) is 0 Å². The normalized spacial score (nSPS) is 17.5. The third-order valence-corrected chi connectivity index (χ3v) is 5.95. The number of benzene rings is 1. The lowest BCUT2D eigenvalue weighted by atomic mass is 10.1. The second-order valence-corrected chi connectivity index (χ2v) is 7.93. The number of hydrogen-bond acceptors (Lipinski definition) is 5. The van der Waals surface area contributed by atoms with E-state index in [9.17, 15) is 13.2 Å². The smallest absolute Gasteiger partial charge is 0.224 e. The molecule has 23 heavy (non-hydrogen) atoms. The standard InChI is InChI=1S/C16H24N2O4S/c1-12(16(19)18-13-7-9-17-10-8-13)11-23(20,21)15-5-3-14(22-2)4-6-15/h3-6,12-13,17H,7-11H2,1-2H3,(H,18,19). The number of amides is 1. The maximum atomic E-state index is 12.4. The lowest BCUT2D eigenvalue weighted by Crippen LogP contribution is -2.45. The van der Waals surface area contributed by atoms with Crippen LogP contribution in [-0.4, -0.2) is 46.3 Å². The zero-order valence-corrected chi connectivity index (χ0v) is 14.4.